The van der Waals surface area contributed by atoms with E-state index in [1.807, 2.05) is 13.8 Å². The second-order valence-corrected chi connectivity index (χ2v) is 6.25. The van der Waals surface area contributed by atoms with E-state index in [0.29, 0.717) is 30.5 Å². The Morgan fingerprint density at radius 1 is 1.36 bits per heavy atom. The predicted octanol–water partition coefficient (Wildman–Crippen LogP) is 4.01. The van der Waals surface area contributed by atoms with Crippen LogP contribution in [0.1, 0.15) is 38.4 Å². The van der Waals surface area contributed by atoms with Gasteiger partial charge in [0.25, 0.3) is 0 Å². The van der Waals surface area contributed by atoms with Crippen LogP contribution in [0.25, 0.3) is 0 Å². The minimum atomic E-state index is -0.388. The quantitative estimate of drug-likeness (QED) is 0.661. The van der Waals surface area contributed by atoms with Crippen molar-refractivity contribution in [3.8, 4) is 5.88 Å². The number of carbonyl (C=O) groups excluding carboxylic acids is 1. The van der Waals surface area contributed by atoms with E-state index in [-0.39, 0.29) is 24.3 Å². The number of esters is 1. The molecule has 0 spiro atoms. The van der Waals surface area contributed by atoms with Crippen LogP contribution < -0.4 is 4.74 Å². The first-order valence-electron chi connectivity index (χ1n) is 8.22. The van der Waals surface area contributed by atoms with Gasteiger partial charge in [-0.2, -0.15) is 0 Å². The van der Waals surface area contributed by atoms with Crippen LogP contribution in [-0.2, 0) is 22.5 Å². The van der Waals surface area contributed by atoms with Crippen LogP contribution in [0, 0.1) is 5.82 Å². The molecule has 0 aliphatic heterocycles. The maximum atomic E-state index is 13.2. The van der Waals surface area contributed by atoms with E-state index >= 15 is 0 Å². The summed E-state index contributed by atoms with van der Waals surface area (Å²) in [4.78, 5) is 11.6. The highest BCUT2D eigenvalue weighted by atomic mass is 35.5. The van der Waals surface area contributed by atoms with E-state index in [9.17, 15) is 9.18 Å². The van der Waals surface area contributed by atoms with E-state index in [0.717, 1.165) is 11.3 Å². The summed E-state index contributed by atoms with van der Waals surface area (Å²) in [6, 6.07) is 6.05. The molecule has 1 aromatic heterocycles. The van der Waals surface area contributed by atoms with Gasteiger partial charge in [0.1, 0.15) is 5.82 Å². The Kier molecular flexibility index (Phi) is 6.82. The van der Waals surface area contributed by atoms with Gasteiger partial charge in [0, 0.05) is 16.8 Å². The highest BCUT2D eigenvalue weighted by Gasteiger charge is 2.14. The van der Waals surface area contributed by atoms with Gasteiger partial charge in [-0.25, -0.2) is 4.39 Å². The second kappa shape index (κ2) is 8.85. The Morgan fingerprint density at radius 3 is 2.76 bits per heavy atom. The van der Waals surface area contributed by atoms with Crippen LogP contribution in [0.15, 0.2) is 24.3 Å². The Hall–Kier alpha value is -2.08. The van der Waals surface area contributed by atoms with Crippen molar-refractivity contribution in [2.45, 2.75) is 46.3 Å². The molecule has 7 heteroatoms. The Bertz CT molecular complexity index is 731. The summed E-state index contributed by atoms with van der Waals surface area (Å²) in [7, 11) is 0. The maximum absolute atomic E-state index is 13.2. The van der Waals surface area contributed by atoms with Crippen LogP contribution in [0.4, 0.5) is 4.39 Å². The molecule has 0 N–H and O–H groups in total. The molecule has 0 saturated carbocycles. The number of ether oxygens (including phenoxy) is 2. The fourth-order valence-corrected chi connectivity index (χ4v) is 2.57. The molecule has 0 radical (unpaired) electrons. The third-order valence-electron chi connectivity index (χ3n) is 3.42. The lowest BCUT2D eigenvalue weighted by atomic mass is 10.2. The van der Waals surface area contributed by atoms with Gasteiger partial charge in [0.05, 0.1) is 25.7 Å². The van der Waals surface area contributed by atoms with Gasteiger partial charge < -0.3 is 9.47 Å². The molecular weight excluding hydrogens is 347 g/mol. The number of aromatic nitrogens is 2. The fourth-order valence-electron chi connectivity index (χ4n) is 2.34. The summed E-state index contributed by atoms with van der Waals surface area (Å²) in [6.07, 6.45) is 0.694. The molecule has 0 fully saturated rings. The third-order valence-corrected chi connectivity index (χ3v) is 3.78. The van der Waals surface area contributed by atoms with Crippen molar-refractivity contribution in [2.24, 2.45) is 0 Å². The van der Waals surface area contributed by atoms with Gasteiger partial charge in [0.2, 0.25) is 5.88 Å². The Balaban J connectivity index is 2.21. The Morgan fingerprint density at radius 2 is 2.12 bits per heavy atom. The molecule has 0 amide bonds. The van der Waals surface area contributed by atoms with Crippen LogP contribution in [-0.4, -0.2) is 28.5 Å². The molecule has 0 saturated heterocycles. The topological polar surface area (TPSA) is 53.4 Å². The largest absolute Gasteiger partial charge is 0.474 e. The number of hydrogen-bond donors (Lipinski definition) is 0. The molecule has 0 unspecified atom stereocenters. The van der Waals surface area contributed by atoms with Crippen LogP contribution in [0.3, 0.4) is 0 Å². The first kappa shape index (κ1) is 19.2. The van der Waals surface area contributed by atoms with Gasteiger partial charge in [-0.3, -0.25) is 9.48 Å². The van der Waals surface area contributed by atoms with Crippen molar-refractivity contribution in [2.75, 3.05) is 6.61 Å². The summed E-state index contributed by atoms with van der Waals surface area (Å²) in [5.41, 5.74) is 1.56. The number of benzene rings is 1. The molecule has 0 aliphatic carbocycles. The monoisotopic (exact) mass is 368 g/mol. The number of aryl methyl sites for hydroxylation is 1. The van der Waals surface area contributed by atoms with Gasteiger partial charge in [-0.05, 0) is 44.9 Å². The fraction of sp³-hybridized carbons (Fsp3) is 0.444. The van der Waals surface area contributed by atoms with E-state index < -0.39 is 0 Å². The third kappa shape index (κ3) is 5.74. The summed E-state index contributed by atoms with van der Waals surface area (Å²) in [5.74, 6) is -0.172. The summed E-state index contributed by atoms with van der Waals surface area (Å²) in [5, 5.41) is 4.75. The highest BCUT2D eigenvalue weighted by Crippen LogP contribution is 2.21. The van der Waals surface area contributed by atoms with Gasteiger partial charge in [-0.15, -0.1) is 5.10 Å². The molecule has 2 aromatic rings. The second-order valence-electron chi connectivity index (χ2n) is 5.84. The van der Waals surface area contributed by atoms with Crippen LogP contribution in [0.2, 0.25) is 5.02 Å². The number of halogens is 2. The van der Waals surface area contributed by atoms with E-state index in [1.54, 1.807) is 23.7 Å². The maximum Gasteiger partial charge on any atom is 0.306 e. The lowest BCUT2D eigenvalue weighted by Gasteiger charge is -2.09. The zero-order valence-electron chi connectivity index (χ0n) is 14.6. The first-order valence-corrected chi connectivity index (χ1v) is 8.59. The lowest BCUT2D eigenvalue weighted by molar-refractivity contribution is -0.143. The van der Waals surface area contributed by atoms with Crippen molar-refractivity contribution in [1.29, 1.82) is 0 Å². The SMILES string of the molecule is CCOC(=O)CCc1cc(OC(C)C)nn1Cc1ccc(F)cc1Cl. The smallest absolute Gasteiger partial charge is 0.306 e. The van der Waals surface area contributed by atoms with Crippen molar-refractivity contribution in [1.82, 2.24) is 9.78 Å². The van der Waals surface area contributed by atoms with E-state index in [1.165, 1.54) is 12.1 Å². The molecule has 136 valence electrons. The zero-order valence-corrected chi connectivity index (χ0v) is 15.3. The molecule has 5 nitrogen and oxygen atoms in total. The van der Waals surface area contributed by atoms with Gasteiger partial charge in [-0.1, -0.05) is 17.7 Å². The number of rotatable bonds is 8. The molecule has 0 atom stereocenters. The molecular formula is C18H22ClFN2O3. The standard InChI is InChI=1S/C18H22ClFN2O3/c1-4-24-18(23)8-7-15-10-17(25-12(2)3)21-22(15)11-13-5-6-14(20)9-16(13)19/h5-6,9-10,12H,4,7-8,11H2,1-3H3. The van der Waals surface area contributed by atoms with Gasteiger partial charge in [0.15, 0.2) is 0 Å². The summed E-state index contributed by atoms with van der Waals surface area (Å²) >= 11 is 6.11. The van der Waals surface area contributed by atoms with E-state index in [2.05, 4.69) is 5.10 Å². The van der Waals surface area contributed by atoms with Crippen molar-refractivity contribution in [3.63, 3.8) is 0 Å². The summed E-state index contributed by atoms with van der Waals surface area (Å²) in [6.45, 7) is 6.30. The van der Waals surface area contributed by atoms with Gasteiger partial charge >= 0.3 is 5.97 Å². The van der Waals surface area contributed by atoms with Crippen molar-refractivity contribution < 1.29 is 18.7 Å². The first-order chi connectivity index (χ1) is 11.9. The average molecular weight is 369 g/mol. The van der Waals surface area contributed by atoms with E-state index in [4.69, 9.17) is 21.1 Å². The molecule has 0 bridgehead atoms. The Labute approximate surface area is 151 Å². The van der Waals surface area contributed by atoms with Crippen molar-refractivity contribution in [3.05, 3.63) is 46.4 Å². The average Bonchev–Trinajstić information content (AvgIpc) is 2.89. The van der Waals surface area contributed by atoms with Crippen LogP contribution in [0.5, 0.6) is 5.88 Å². The molecule has 1 heterocycles. The highest BCUT2D eigenvalue weighted by molar-refractivity contribution is 6.31. The normalized spacial score (nSPS) is 11.0. The summed E-state index contributed by atoms with van der Waals surface area (Å²) < 4.78 is 25.5. The molecule has 1 aromatic carbocycles. The number of hydrogen-bond acceptors (Lipinski definition) is 4. The zero-order chi connectivity index (χ0) is 18.4. The minimum absolute atomic E-state index is 0.0179. The predicted molar refractivity (Wildman–Crippen MR) is 93.5 cm³/mol. The lowest BCUT2D eigenvalue weighted by Crippen LogP contribution is -2.11. The minimum Gasteiger partial charge on any atom is -0.474 e. The van der Waals surface area contributed by atoms with Crippen molar-refractivity contribution >= 4 is 17.6 Å². The van der Waals surface area contributed by atoms with Crippen LogP contribution >= 0.6 is 11.6 Å². The number of nitrogens with zero attached hydrogens (tertiary/aromatic N) is 2. The number of carbonyl (C=O) groups is 1. The molecule has 0 aliphatic rings. The molecule has 2 rings (SSSR count). The molecule has 25 heavy (non-hydrogen) atoms.